The van der Waals surface area contributed by atoms with Crippen molar-refractivity contribution in [3.8, 4) is 0 Å². The lowest BCUT2D eigenvalue weighted by atomic mass is 9.82. The van der Waals surface area contributed by atoms with Crippen molar-refractivity contribution in [1.29, 1.82) is 0 Å². The second kappa shape index (κ2) is 5.86. The molecule has 1 fully saturated rings. The Morgan fingerprint density at radius 2 is 1.60 bits per heavy atom. The third kappa shape index (κ3) is 3.07. The van der Waals surface area contributed by atoms with E-state index in [9.17, 15) is 8.42 Å². The summed E-state index contributed by atoms with van der Waals surface area (Å²) in [6.45, 7) is 7.83. The first kappa shape index (κ1) is 15.5. The number of hydrogen-bond acceptors (Lipinski definition) is 2. The molecule has 1 saturated heterocycles. The van der Waals surface area contributed by atoms with Crippen LogP contribution in [-0.4, -0.2) is 25.8 Å². The van der Waals surface area contributed by atoms with Gasteiger partial charge < -0.3 is 0 Å². The zero-order valence-corrected chi connectivity index (χ0v) is 13.5. The number of rotatable bonds is 4. The van der Waals surface area contributed by atoms with Gasteiger partial charge >= 0.3 is 0 Å². The molecule has 1 aromatic rings. The van der Waals surface area contributed by atoms with Crippen LogP contribution in [0.3, 0.4) is 0 Å². The summed E-state index contributed by atoms with van der Waals surface area (Å²) < 4.78 is 26.7. The molecule has 0 aliphatic carbocycles. The molecule has 1 heterocycles. The fourth-order valence-corrected chi connectivity index (χ4v) is 4.05. The van der Waals surface area contributed by atoms with Crippen LogP contribution in [-0.2, 0) is 15.4 Å². The first-order chi connectivity index (χ1) is 9.38. The number of benzene rings is 1. The van der Waals surface area contributed by atoms with Crippen molar-refractivity contribution in [2.24, 2.45) is 0 Å². The Bertz CT molecular complexity index is 540. The molecule has 0 atom stereocenters. The average molecular weight is 295 g/mol. The molecule has 0 saturated carbocycles. The maximum atomic E-state index is 12.5. The van der Waals surface area contributed by atoms with Gasteiger partial charge in [0.1, 0.15) is 0 Å². The van der Waals surface area contributed by atoms with Gasteiger partial charge in [-0.2, -0.15) is 4.31 Å². The molecule has 0 radical (unpaired) electrons. The van der Waals surface area contributed by atoms with Gasteiger partial charge in [-0.05, 0) is 42.4 Å². The van der Waals surface area contributed by atoms with Crippen molar-refractivity contribution in [1.82, 2.24) is 4.31 Å². The second-order valence-electron chi connectivity index (χ2n) is 6.23. The van der Waals surface area contributed by atoms with Crippen LogP contribution in [0.1, 0.15) is 52.0 Å². The monoisotopic (exact) mass is 295 g/mol. The highest BCUT2D eigenvalue weighted by Gasteiger charge is 2.26. The van der Waals surface area contributed by atoms with E-state index in [4.69, 9.17) is 0 Å². The van der Waals surface area contributed by atoms with Crippen molar-refractivity contribution in [3.05, 3.63) is 29.8 Å². The highest BCUT2D eigenvalue weighted by atomic mass is 32.2. The lowest BCUT2D eigenvalue weighted by Gasteiger charge is -2.27. The average Bonchev–Trinajstić information content (AvgIpc) is 2.48. The number of hydrogen-bond donors (Lipinski definition) is 0. The molecule has 0 unspecified atom stereocenters. The largest absolute Gasteiger partial charge is 0.243 e. The molecule has 1 aliphatic rings. The molecule has 0 bridgehead atoms. The molecular weight excluding hydrogens is 270 g/mol. The Hall–Kier alpha value is -0.870. The molecule has 1 aliphatic heterocycles. The van der Waals surface area contributed by atoms with Crippen LogP contribution < -0.4 is 0 Å². The third-order valence-corrected chi connectivity index (χ3v) is 6.39. The fraction of sp³-hybridized carbons (Fsp3) is 0.625. The molecule has 0 amide bonds. The lowest BCUT2D eigenvalue weighted by Crippen LogP contribution is -2.35. The van der Waals surface area contributed by atoms with Crippen LogP contribution in [0.2, 0.25) is 0 Å². The van der Waals surface area contributed by atoms with E-state index in [2.05, 4.69) is 20.8 Å². The lowest BCUT2D eigenvalue weighted by molar-refractivity contribution is 0.346. The maximum Gasteiger partial charge on any atom is 0.243 e. The van der Waals surface area contributed by atoms with Crippen molar-refractivity contribution < 1.29 is 8.42 Å². The van der Waals surface area contributed by atoms with E-state index < -0.39 is 10.0 Å². The summed E-state index contributed by atoms with van der Waals surface area (Å²) in [6.07, 6.45) is 4.11. The standard InChI is InChI=1S/C16H25NO2S/c1-4-16(2,3)14-8-10-15(11-9-14)20(18,19)17-12-6-5-7-13-17/h8-11H,4-7,12-13H2,1-3H3. The van der Waals surface area contributed by atoms with Crippen molar-refractivity contribution in [2.75, 3.05) is 13.1 Å². The van der Waals surface area contributed by atoms with Gasteiger partial charge in [0, 0.05) is 13.1 Å². The summed E-state index contributed by atoms with van der Waals surface area (Å²) in [4.78, 5) is 0.426. The molecule has 0 aromatic heterocycles. The highest BCUT2D eigenvalue weighted by Crippen LogP contribution is 2.28. The molecule has 4 heteroatoms. The van der Waals surface area contributed by atoms with Crippen LogP contribution in [0, 0.1) is 0 Å². The predicted molar refractivity (Wildman–Crippen MR) is 82.4 cm³/mol. The summed E-state index contributed by atoms with van der Waals surface area (Å²) in [6, 6.07) is 7.44. The molecule has 20 heavy (non-hydrogen) atoms. The van der Waals surface area contributed by atoms with Gasteiger partial charge in [0.15, 0.2) is 0 Å². The minimum Gasteiger partial charge on any atom is -0.207 e. The molecule has 2 rings (SSSR count). The maximum absolute atomic E-state index is 12.5. The first-order valence-electron chi connectivity index (χ1n) is 7.48. The van der Waals surface area contributed by atoms with Gasteiger partial charge in [-0.1, -0.05) is 39.3 Å². The number of sulfonamides is 1. The first-order valence-corrected chi connectivity index (χ1v) is 8.92. The fourth-order valence-electron chi connectivity index (χ4n) is 2.54. The van der Waals surface area contributed by atoms with Crippen molar-refractivity contribution >= 4 is 10.0 Å². The molecule has 0 N–H and O–H groups in total. The second-order valence-corrected chi connectivity index (χ2v) is 8.16. The predicted octanol–water partition coefficient (Wildman–Crippen LogP) is 3.55. The van der Waals surface area contributed by atoms with Crippen molar-refractivity contribution in [3.63, 3.8) is 0 Å². The van der Waals surface area contributed by atoms with E-state index in [1.165, 1.54) is 5.56 Å². The van der Waals surface area contributed by atoms with Crippen LogP contribution in [0.25, 0.3) is 0 Å². The Kier molecular flexibility index (Phi) is 4.55. The summed E-state index contributed by atoms with van der Waals surface area (Å²) in [7, 11) is -3.30. The minimum atomic E-state index is -3.30. The van der Waals surface area contributed by atoms with E-state index in [-0.39, 0.29) is 5.41 Å². The topological polar surface area (TPSA) is 37.4 Å². The SMILES string of the molecule is CCC(C)(C)c1ccc(S(=O)(=O)N2CCCCC2)cc1. The van der Waals surface area contributed by atoms with Gasteiger partial charge in [0.05, 0.1) is 4.90 Å². The zero-order valence-electron chi connectivity index (χ0n) is 12.7. The van der Waals surface area contributed by atoms with Crippen molar-refractivity contribution in [2.45, 2.75) is 56.8 Å². The number of nitrogens with zero attached hydrogens (tertiary/aromatic N) is 1. The number of piperidine rings is 1. The van der Waals surface area contributed by atoms with Gasteiger partial charge in [-0.25, -0.2) is 8.42 Å². The normalized spacial score (nSPS) is 18.1. The van der Waals surface area contributed by atoms with E-state index in [1.807, 2.05) is 12.1 Å². The minimum absolute atomic E-state index is 0.0907. The van der Waals surface area contributed by atoms with Gasteiger partial charge in [-0.3, -0.25) is 0 Å². The van der Waals surface area contributed by atoms with E-state index >= 15 is 0 Å². The quantitative estimate of drug-likeness (QED) is 0.852. The zero-order chi connectivity index (χ0) is 14.8. The smallest absolute Gasteiger partial charge is 0.207 e. The Morgan fingerprint density at radius 3 is 2.10 bits per heavy atom. The third-order valence-electron chi connectivity index (χ3n) is 4.47. The molecule has 0 spiro atoms. The van der Waals surface area contributed by atoms with E-state index in [0.29, 0.717) is 18.0 Å². The van der Waals surface area contributed by atoms with Gasteiger partial charge in [0.25, 0.3) is 0 Å². The molecule has 3 nitrogen and oxygen atoms in total. The van der Waals surface area contributed by atoms with Crippen LogP contribution in [0.15, 0.2) is 29.2 Å². The Balaban J connectivity index is 2.25. The molecule has 112 valence electrons. The van der Waals surface area contributed by atoms with E-state index in [0.717, 1.165) is 25.7 Å². The summed E-state index contributed by atoms with van der Waals surface area (Å²) in [5, 5.41) is 0. The highest BCUT2D eigenvalue weighted by molar-refractivity contribution is 7.89. The Morgan fingerprint density at radius 1 is 1.05 bits per heavy atom. The van der Waals surface area contributed by atoms with Crippen LogP contribution in [0.5, 0.6) is 0 Å². The summed E-state index contributed by atoms with van der Waals surface area (Å²) >= 11 is 0. The van der Waals surface area contributed by atoms with Gasteiger partial charge in [0.2, 0.25) is 10.0 Å². The molecular formula is C16H25NO2S. The molecule has 1 aromatic carbocycles. The van der Waals surface area contributed by atoms with Gasteiger partial charge in [-0.15, -0.1) is 0 Å². The Labute approximate surface area is 123 Å². The summed E-state index contributed by atoms with van der Waals surface area (Å²) in [5.41, 5.74) is 1.28. The summed E-state index contributed by atoms with van der Waals surface area (Å²) in [5.74, 6) is 0. The van der Waals surface area contributed by atoms with Crippen LogP contribution >= 0.6 is 0 Å². The van der Waals surface area contributed by atoms with Crippen LogP contribution in [0.4, 0.5) is 0 Å². The van der Waals surface area contributed by atoms with E-state index in [1.54, 1.807) is 16.4 Å².